The lowest BCUT2D eigenvalue weighted by Gasteiger charge is -2.14. The molecule has 4 heterocycles. The summed E-state index contributed by atoms with van der Waals surface area (Å²) >= 11 is 3.71. The molecule has 6 heteroatoms. The van der Waals surface area contributed by atoms with E-state index in [0.29, 0.717) is 17.5 Å². The maximum absolute atomic E-state index is 6.73. The van der Waals surface area contributed by atoms with E-state index < -0.39 is 0 Å². The van der Waals surface area contributed by atoms with Gasteiger partial charge in [-0.1, -0.05) is 164 Å². The van der Waals surface area contributed by atoms with Gasteiger partial charge in [-0.25, -0.2) is 15.0 Å². The summed E-state index contributed by atoms with van der Waals surface area (Å²) in [6, 6.07) is 76.2. The predicted octanol–water partition coefficient (Wildman–Crippen LogP) is 18.3. The molecule has 0 aliphatic heterocycles. The first-order chi connectivity index (χ1) is 34.2. The van der Waals surface area contributed by atoms with Gasteiger partial charge in [0.25, 0.3) is 0 Å². The summed E-state index contributed by atoms with van der Waals surface area (Å²) in [5.74, 6) is 1.81. The number of hydrogen-bond donors (Lipinski definition) is 0. The Bertz CT molecular complexity index is 4590. The van der Waals surface area contributed by atoms with Crippen molar-refractivity contribution in [1.29, 1.82) is 0 Å². The minimum atomic E-state index is 0.587. The Morgan fingerprint density at radius 1 is 0.275 bits per heavy atom. The van der Waals surface area contributed by atoms with Crippen molar-refractivity contribution in [2.75, 3.05) is 0 Å². The van der Waals surface area contributed by atoms with Crippen LogP contribution in [0.25, 0.3) is 151 Å². The van der Waals surface area contributed by atoms with Gasteiger partial charge in [0, 0.05) is 67.8 Å². The lowest BCUT2D eigenvalue weighted by Crippen LogP contribution is -2.00. The number of furan rings is 1. The molecule has 0 aliphatic carbocycles. The van der Waals surface area contributed by atoms with Crippen LogP contribution in [0, 0.1) is 0 Å². The first-order valence-electron chi connectivity index (χ1n) is 23.2. The van der Waals surface area contributed by atoms with Crippen molar-refractivity contribution in [3.63, 3.8) is 0 Å². The first-order valence-corrected chi connectivity index (χ1v) is 24.8. The van der Waals surface area contributed by atoms with Crippen LogP contribution in [-0.2, 0) is 0 Å². The van der Waals surface area contributed by atoms with Crippen LogP contribution in [-0.4, -0.2) is 15.0 Å². The zero-order valence-electron chi connectivity index (χ0n) is 36.8. The number of fused-ring (bicyclic) bond motifs is 15. The minimum Gasteiger partial charge on any atom is -0.456 e. The molecule has 4 aromatic heterocycles. The lowest BCUT2D eigenvalue weighted by molar-refractivity contribution is 0.669. The maximum atomic E-state index is 6.73. The fraction of sp³-hybridized carbons (Fsp3) is 0. The van der Waals surface area contributed by atoms with E-state index in [1.54, 1.807) is 0 Å². The molecule has 0 bridgehead atoms. The molecule has 0 N–H and O–H groups in total. The maximum Gasteiger partial charge on any atom is 0.164 e. The topological polar surface area (TPSA) is 51.8 Å². The molecule has 0 aliphatic rings. The van der Waals surface area contributed by atoms with E-state index in [2.05, 4.69) is 188 Å². The Kier molecular flexibility index (Phi) is 8.37. The fourth-order valence-corrected chi connectivity index (χ4v) is 13.1. The lowest BCUT2D eigenvalue weighted by atomic mass is 9.89. The second kappa shape index (κ2) is 15.0. The van der Waals surface area contributed by atoms with Crippen molar-refractivity contribution in [2.24, 2.45) is 0 Å². The number of benzene rings is 11. The molecule has 0 atom stereocenters. The van der Waals surface area contributed by atoms with Gasteiger partial charge < -0.3 is 4.42 Å². The average Bonchev–Trinajstić information content (AvgIpc) is 4.11. The molecule has 320 valence electrons. The molecular weight excluding hydrogens is 879 g/mol. The van der Waals surface area contributed by atoms with E-state index in [0.717, 1.165) is 49.6 Å². The molecule has 69 heavy (non-hydrogen) atoms. The molecule has 0 saturated heterocycles. The van der Waals surface area contributed by atoms with Gasteiger partial charge >= 0.3 is 0 Å². The van der Waals surface area contributed by atoms with Gasteiger partial charge in [0.15, 0.2) is 17.5 Å². The van der Waals surface area contributed by atoms with Crippen molar-refractivity contribution < 1.29 is 4.42 Å². The third-order valence-electron chi connectivity index (χ3n) is 13.9. The summed E-state index contributed by atoms with van der Waals surface area (Å²) in [4.78, 5) is 15.8. The van der Waals surface area contributed by atoms with Gasteiger partial charge in [-0.05, 0) is 103 Å². The van der Waals surface area contributed by atoms with Gasteiger partial charge in [0.1, 0.15) is 11.2 Å². The molecule has 4 nitrogen and oxygen atoms in total. The van der Waals surface area contributed by atoms with Crippen molar-refractivity contribution in [3.05, 3.63) is 212 Å². The minimum absolute atomic E-state index is 0.587. The highest BCUT2D eigenvalue weighted by Gasteiger charge is 2.22. The normalized spacial score (nSPS) is 12.1. The monoisotopic (exact) mass is 913 g/mol. The highest BCUT2D eigenvalue weighted by atomic mass is 32.1. The van der Waals surface area contributed by atoms with Crippen LogP contribution in [0.1, 0.15) is 0 Å². The van der Waals surface area contributed by atoms with Crippen LogP contribution >= 0.6 is 22.7 Å². The quantitative estimate of drug-likeness (QED) is 0.161. The summed E-state index contributed by atoms with van der Waals surface area (Å²) in [6.07, 6.45) is 0. The molecule has 0 amide bonds. The highest BCUT2D eigenvalue weighted by molar-refractivity contribution is 7.26. The van der Waals surface area contributed by atoms with E-state index in [9.17, 15) is 0 Å². The molecule has 0 saturated carbocycles. The molecule has 0 radical (unpaired) electrons. The Morgan fingerprint density at radius 3 is 1.62 bits per heavy atom. The van der Waals surface area contributed by atoms with Crippen LogP contribution in [0.3, 0.4) is 0 Å². The zero-order valence-corrected chi connectivity index (χ0v) is 38.4. The molecule has 15 aromatic rings. The SMILES string of the molecule is c1ccc(-c2nc(-c3ccc4c5ccccc5c5ccccc5c4c3)nc(-c3cccc4oc5ccc(-c6c(-c7ccc8c(c7)sc7ccccc78)ccc7sc8ccccc8c67)cc5c34)n2)cc1. The third kappa shape index (κ3) is 5.96. The number of thiophene rings is 2. The molecule has 15 rings (SSSR count). The first kappa shape index (κ1) is 38.5. The average molecular weight is 914 g/mol. The standard InChI is InChI=1S/C63H35N3OS2/c1-2-13-36(14-3-1)61-64-62(39-26-28-45-43-17-5-4-15-41(43)42-16-6-7-18-44(42)50(45)34-39)66-63(65-61)49-21-12-22-53-59(49)51-33-38(27-31-52(51)67-53)58-40(30-32-56-60(58)48-20-9-11-24-55(48)68-56)37-25-29-47-46-19-8-10-23-54(46)69-57(47)35-37/h1-35H. The summed E-state index contributed by atoms with van der Waals surface area (Å²) in [6.45, 7) is 0. The largest absolute Gasteiger partial charge is 0.456 e. The Balaban J connectivity index is 0.957. The van der Waals surface area contributed by atoms with Crippen LogP contribution in [0.15, 0.2) is 217 Å². The predicted molar refractivity (Wildman–Crippen MR) is 293 cm³/mol. The van der Waals surface area contributed by atoms with Gasteiger partial charge in [0.2, 0.25) is 0 Å². The van der Waals surface area contributed by atoms with Gasteiger partial charge in [-0.3, -0.25) is 0 Å². The fourth-order valence-electron chi connectivity index (χ4n) is 10.8. The molecule has 11 aromatic carbocycles. The summed E-state index contributed by atoms with van der Waals surface area (Å²) in [7, 11) is 0. The van der Waals surface area contributed by atoms with Crippen molar-refractivity contribution >= 4 is 117 Å². The van der Waals surface area contributed by atoms with Crippen molar-refractivity contribution in [2.45, 2.75) is 0 Å². The summed E-state index contributed by atoms with van der Waals surface area (Å²) < 4.78 is 11.8. The van der Waals surface area contributed by atoms with Crippen LogP contribution in [0.2, 0.25) is 0 Å². The number of nitrogens with zero attached hydrogens (tertiary/aromatic N) is 3. The molecule has 0 spiro atoms. The Labute approximate surface area is 403 Å². The van der Waals surface area contributed by atoms with Gasteiger partial charge in [-0.15, -0.1) is 22.7 Å². The Hall–Kier alpha value is -8.55. The van der Waals surface area contributed by atoms with Crippen molar-refractivity contribution in [3.8, 4) is 56.4 Å². The van der Waals surface area contributed by atoms with Crippen LogP contribution < -0.4 is 0 Å². The van der Waals surface area contributed by atoms with E-state index >= 15 is 0 Å². The van der Waals surface area contributed by atoms with Crippen molar-refractivity contribution in [1.82, 2.24) is 15.0 Å². The summed E-state index contributed by atoms with van der Waals surface area (Å²) in [5.41, 5.74) is 9.04. The van der Waals surface area contributed by atoms with Gasteiger partial charge in [-0.2, -0.15) is 0 Å². The third-order valence-corrected chi connectivity index (χ3v) is 16.2. The number of rotatable bonds is 5. The zero-order chi connectivity index (χ0) is 45.2. The second-order valence-electron chi connectivity index (χ2n) is 17.8. The smallest absolute Gasteiger partial charge is 0.164 e. The molecule has 0 fully saturated rings. The molecular formula is C63H35N3OS2. The van der Waals surface area contributed by atoms with Crippen LogP contribution in [0.5, 0.6) is 0 Å². The number of aromatic nitrogens is 3. The van der Waals surface area contributed by atoms with E-state index in [1.165, 1.54) is 84.0 Å². The highest BCUT2D eigenvalue weighted by Crippen LogP contribution is 2.48. The van der Waals surface area contributed by atoms with E-state index in [-0.39, 0.29) is 0 Å². The van der Waals surface area contributed by atoms with E-state index in [1.807, 2.05) is 46.9 Å². The summed E-state index contributed by atoms with van der Waals surface area (Å²) in [5, 5.41) is 14.4. The second-order valence-corrected chi connectivity index (χ2v) is 20.0. The molecule has 0 unspecified atom stereocenters. The Morgan fingerprint density at radius 2 is 0.841 bits per heavy atom. The van der Waals surface area contributed by atoms with Gasteiger partial charge in [0.05, 0.1) is 0 Å². The number of hydrogen-bond acceptors (Lipinski definition) is 6. The van der Waals surface area contributed by atoms with E-state index in [4.69, 9.17) is 19.4 Å². The van der Waals surface area contributed by atoms with Crippen LogP contribution in [0.4, 0.5) is 0 Å².